The van der Waals surface area contributed by atoms with Gasteiger partial charge in [0, 0.05) is 11.3 Å². The van der Waals surface area contributed by atoms with E-state index in [1.807, 2.05) is 66.7 Å². The standard InChI is InChI=1S/C19H15BN2O3/c23-20(24)25-16-12-10-15(11-13-16)22-18-9-5-4-8-17(18)21-19(22)14-6-2-1-3-7-14/h1-13,23-24H. The summed E-state index contributed by atoms with van der Waals surface area (Å²) < 4.78 is 6.95. The van der Waals surface area contributed by atoms with Gasteiger partial charge in [-0.25, -0.2) is 4.98 Å². The number of rotatable bonds is 4. The van der Waals surface area contributed by atoms with Crippen molar-refractivity contribution < 1.29 is 14.7 Å². The number of fused-ring (bicyclic) bond motifs is 1. The van der Waals surface area contributed by atoms with Gasteiger partial charge in [0.1, 0.15) is 11.6 Å². The largest absolute Gasteiger partial charge is 0.707 e. The molecule has 0 amide bonds. The predicted molar refractivity (Wildman–Crippen MR) is 97.3 cm³/mol. The lowest BCUT2D eigenvalue weighted by Gasteiger charge is -2.11. The predicted octanol–water partition coefficient (Wildman–Crippen LogP) is 3.04. The normalized spacial score (nSPS) is 10.8. The highest BCUT2D eigenvalue weighted by Gasteiger charge is 2.15. The first-order valence-corrected chi connectivity index (χ1v) is 7.88. The highest BCUT2D eigenvalue weighted by molar-refractivity contribution is 6.33. The maximum absolute atomic E-state index is 8.91. The van der Waals surface area contributed by atoms with E-state index in [9.17, 15) is 0 Å². The monoisotopic (exact) mass is 330 g/mol. The maximum Gasteiger partial charge on any atom is 0.707 e. The highest BCUT2D eigenvalue weighted by atomic mass is 16.6. The van der Waals surface area contributed by atoms with Gasteiger partial charge in [0.2, 0.25) is 0 Å². The molecule has 4 aromatic rings. The molecule has 0 unspecified atom stereocenters. The van der Waals surface area contributed by atoms with Crippen LogP contribution in [-0.2, 0) is 0 Å². The van der Waals surface area contributed by atoms with E-state index in [1.54, 1.807) is 12.1 Å². The molecule has 0 spiro atoms. The lowest BCUT2D eigenvalue weighted by atomic mass is 10.2. The van der Waals surface area contributed by atoms with Crippen LogP contribution in [0.3, 0.4) is 0 Å². The minimum absolute atomic E-state index is 0.379. The van der Waals surface area contributed by atoms with Crippen molar-refractivity contribution >= 4 is 18.4 Å². The van der Waals surface area contributed by atoms with Gasteiger partial charge in [-0.2, -0.15) is 0 Å². The van der Waals surface area contributed by atoms with E-state index >= 15 is 0 Å². The summed E-state index contributed by atoms with van der Waals surface area (Å²) in [5, 5.41) is 17.8. The molecule has 4 rings (SSSR count). The van der Waals surface area contributed by atoms with Crippen molar-refractivity contribution in [1.82, 2.24) is 9.55 Å². The Balaban J connectivity index is 1.88. The third-order valence-electron chi connectivity index (χ3n) is 3.93. The van der Waals surface area contributed by atoms with Gasteiger partial charge in [-0.1, -0.05) is 42.5 Å². The summed E-state index contributed by atoms with van der Waals surface area (Å²) in [7, 11) is -1.83. The second kappa shape index (κ2) is 6.43. The molecular weight excluding hydrogens is 315 g/mol. The molecule has 0 saturated carbocycles. The molecule has 122 valence electrons. The molecule has 0 radical (unpaired) electrons. The van der Waals surface area contributed by atoms with Crippen LogP contribution in [0.2, 0.25) is 0 Å². The first kappa shape index (κ1) is 15.4. The minimum Gasteiger partial charge on any atom is -0.512 e. The van der Waals surface area contributed by atoms with Gasteiger partial charge in [-0.15, -0.1) is 0 Å². The second-order valence-corrected chi connectivity index (χ2v) is 5.56. The molecule has 25 heavy (non-hydrogen) atoms. The quantitative estimate of drug-likeness (QED) is 0.565. The second-order valence-electron chi connectivity index (χ2n) is 5.56. The van der Waals surface area contributed by atoms with E-state index in [4.69, 9.17) is 19.7 Å². The van der Waals surface area contributed by atoms with E-state index in [2.05, 4.69) is 4.57 Å². The number of hydrogen-bond acceptors (Lipinski definition) is 4. The van der Waals surface area contributed by atoms with E-state index in [0.29, 0.717) is 5.75 Å². The number of hydrogen-bond donors (Lipinski definition) is 2. The first-order valence-electron chi connectivity index (χ1n) is 7.88. The Bertz CT molecular complexity index is 998. The zero-order valence-corrected chi connectivity index (χ0v) is 13.3. The summed E-state index contributed by atoms with van der Waals surface area (Å²) in [4.78, 5) is 4.78. The number of imidazole rings is 1. The Morgan fingerprint density at radius 3 is 2.20 bits per heavy atom. The van der Waals surface area contributed by atoms with Crippen molar-refractivity contribution in [2.24, 2.45) is 0 Å². The van der Waals surface area contributed by atoms with Gasteiger partial charge in [0.25, 0.3) is 0 Å². The Hall–Kier alpha value is -3.09. The van der Waals surface area contributed by atoms with Crippen LogP contribution in [0.4, 0.5) is 0 Å². The molecule has 0 aliphatic rings. The molecule has 0 atom stereocenters. The fourth-order valence-electron chi connectivity index (χ4n) is 2.86. The summed E-state index contributed by atoms with van der Waals surface area (Å²) in [6.07, 6.45) is 0. The number of nitrogens with zero attached hydrogens (tertiary/aromatic N) is 2. The van der Waals surface area contributed by atoms with Gasteiger partial charge in [-0.3, -0.25) is 4.57 Å². The van der Waals surface area contributed by atoms with Crippen molar-refractivity contribution in [3.05, 3.63) is 78.9 Å². The average Bonchev–Trinajstić information content (AvgIpc) is 3.02. The molecule has 2 N–H and O–H groups in total. The fraction of sp³-hybridized carbons (Fsp3) is 0. The molecule has 1 heterocycles. The van der Waals surface area contributed by atoms with Gasteiger partial charge in [0.05, 0.1) is 11.0 Å². The van der Waals surface area contributed by atoms with E-state index in [0.717, 1.165) is 28.1 Å². The van der Waals surface area contributed by atoms with E-state index in [-0.39, 0.29) is 0 Å². The molecule has 0 fully saturated rings. The van der Waals surface area contributed by atoms with Crippen molar-refractivity contribution in [3.8, 4) is 22.8 Å². The molecule has 0 bridgehead atoms. The topological polar surface area (TPSA) is 67.5 Å². The third-order valence-corrected chi connectivity index (χ3v) is 3.93. The number of para-hydroxylation sites is 2. The van der Waals surface area contributed by atoms with Crippen LogP contribution < -0.4 is 4.65 Å². The van der Waals surface area contributed by atoms with E-state index in [1.165, 1.54) is 0 Å². The summed E-state index contributed by atoms with van der Waals surface area (Å²) >= 11 is 0. The molecule has 6 heteroatoms. The highest BCUT2D eigenvalue weighted by Crippen LogP contribution is 2.29. The molecule has 5 nitrogen and oxygen atoms in total. The summed E-state index contributed by atoms with van der Waals surface area (Å²) in [6.45, 7) is 0. The van der Waals surface area contributed by atoms with Crippen molar-refractivity contribution in [2.75, 3.05) is 0 Å². The number of aromatic nitrogens is 2. The van der Waals surface area contributed by atoms with Crippen LogP contribution in [0.5, 0.6) is 5.75 Å². The van der Waals surface area contributed by atoms with Gasteiger partial charge < -0.3 is 14.7 Å². The molecule has 0 aliphatic heterocycles. The summed E-state index contributed by atoms with van der Waals surface area (Å²) in [5.74, 6) is 1.22. The zero-order chi connectivity index (χ0) is 17.2. The molecule has 1 aromatic heterocycles. The van der Waals surface area contributed by atoms with Crippen LogP contribution in [0.1, 0.15) is 0 Å². The van der Waals surface area contributed by atoms with Crippen molar-refractivity contribution in [1.29, 1.82) is 0 Å². The van der Waals surface area contributed by atoms with E-state index < -0.39 is 7.32 Å². The molecular formula is C19H15BN2O3. The fourth-order valence-corrected chi connectivity index (χ4v) is 2.86. The Morgan fingerprint density at radius 2 is 1.48 bits per heavy atom. The van der Waals surface area contributed by atoms with Crippen molar-refractivity contribution in [2.45, 2.75) is 0 Å². The lowest BCUT2D eigenvalue weighted by molar-refractivity contribution is 0.288. The summed E-state index contributed by atoms with van der Waals surface area (Å²) in [5.41, 5.74) is 3.84. The van der Waals surface area contributed by atoms with Crippen LogP contribution in [0, 0.1) is 0 Å². The van der Waals surface area contributed by atoms with Crippen LogP contribution in [0.15, 0.2) is 78.9 Å². The average molecular weight is 330 g/mol. The maximum atomic E-state index is 8.91. The van der Waals surface area contributed by atoms with Gasteiger partial charge in [-0.05, 0) is 36.4 Å². The molecule has 3 aromatic carbocycles. The zero-order valence-electron chi connectivity index (χ0n) is 13.3. The summed E-state index contributed by atoms with van der Waals surface area (Å²) in [6, 6.07) is 25.1. The first-order chi connectivity index (χ1) is 12.2. The van der Waals surface area contributed by atoms with Crippen LogP contribution in [0.25, 0.3) is 28.1 Å². The smallest absolute Gasteiger partial charge is 0.512 e. The molecule has 0 aliphatic carbocycles. The number of benzene rings is 3. The minimum atomic E-state index is -1.83. The van der Waals surface area contributed by atoms with Crippen molar-refractivity contribution in [3.63, 3.8) is 0 Å². The SMILES string of the molecule is OB(O)Oc1ccc(-n2c(-c3ccccc3)nc3ccccc32)cc1. The Morgan fingerprint density at radius 1 is 0.800 bits per heavy atom. The Labute approximate surface area is 144 Å². The third kappa shape index (κ3) is 3.00. The lowest BCUT2D eigenvalue weighted by Crippen LogP contribution is -2.20. The van der Waals surface area contributed by atoms with Gasteiger partial charge >= 0.3 is 7.32 Å². The van der Waals surface area contributed by atoms with Gasteiger partial charge in [0.15, 0.2) is 0 Å². The Kier molecular flexibility index (Phi) is 3.97. The van der Waals surface area contributed by atoms with Crippen LogP contribution in [-0.4, -0.2) is 26.9 Å². The molecule has 0 saturated heterocycles. The van der Waals surface area contributed by atoms with Crippen LogP contribution >= 0.6 is 0 Å².